The van der Waals surface area contributed by atoms with E-state index in [1.54, 1.807) is 24.3 Å². The van der Waals surface area contributed by atoms with Crippen LogP contribution in [0.5, 0.6) is 11.5 Å². The molecule has 0 aliphatic heterocycles. The van der Waals surface area contributed by atoms with E-state index in [0.29, 0.717) is 17.8 Å². The van der Waals surface area contributed by atoms with Gasteiger partial charge in [-0.25, -0.2) is 4.79 Å². The summed E-state index contributed by atoms with van der Waals surface area (Å²) in [5.74, 6) is 0.958. The molecule has 1 rings (SSSR count). The minimum atomic E-state index is -0.531. The Bertz CT molecular complexity index is 334. The molecule has 0 spiro atoms. The number of aldehydes is 1. The second-order valence-corrected chi connectivity index (χ2v) is 2.59. The predicted molar refractivity (Wildman–Crippen MR) is 53.1 cm³/mol. The highest BCUT2D eigenvalue weighted by Crippen LogP contribution is 2.17. The molecule has 15 heavy (non-hydrogen) atoms. The van der Waals surface area contributed by atoms with Crippen molar-refractivity contribution < 1.29 is 19.1 Å². The number of amides is 1. The van der Waals surface area contributed by atoms with Crippen LogP contribution in [0.1, 0.15) is 0 Å². The minimum absolute atomic E-state index is 0.00957. The lowest BCUT2D eigenvalue weighted by molar-refractivity contribution is -0.109. The molecule has 80 valence electrons. The Balaban J connectivity index is 2.55. The van der Waals surface area contributed by atoms with Crippen LogP contribution in [0.4, 0.5) is 4.79 Å². The molecule has 0 aliphatic rings. The quantitative estimate of drug-likeness (QED) is 0.751. The minimum Gasteiger partial charge on any atom is -0.486 e. The van der Waals surface area contributed by atoms with Gasteiger partial charge in [-0.3, -0.25) is 4.79 Å². The van der Waals surface area contributed by atoms with Crippen LogP contribution in [0.25, 0.3) is 0 Å². The summed E-state index contributed by atoms with van der Waals surface area (Å²) in [6, 6.07) is 6.38. The predicted octanol–water partition coefficient (Wildman–Crippen LogP) is 0.982. The zero-order chi connectivity index (χ0) is 11.1. The molecule has 0 fully saturated rings. The van der Waals surface area contributed by atoms with Crippen molar-refractivity contribution in [1.82, 2.24) is 5.32 Å². The summed E-state index contributed by atoms with van der Waals surface area (Å²) in [5.41, 5.74) is 0. The van der Waals surface area contributed by atoms with Gasteiger partial charge >= 0.3 is 6.09 Å². The number of ether oxygens (including phenoxy) is 2. The van der Waals surface area contributed by atoms with E-state index in [9.17, 15) is 9.59 Å². The van der Waals surface area contributed by atoms with Gasteiger partial charge in [0.05, 0.1) is 0 Å². The second kappa shape index (κ2) is 5.64. The largest absolute Gasteiger partial charge is 0.486 e. The highest BCUT2D eigenvalue weighted by atomic mass is 16.6. The first kappa shape index (κ1) is 11.0. The van der Waals surface area contributed by atoms with Crippen molar-refractivity contribution in [2.75, 3.05) is 13.7 Å². The smallest absolute Gasteiger partial charge is 0.412 e. The molecule has 0 heterocycles. The van der Waals surface area contributed by atoms with Crippen molar-refractivity contribution in [3.63, 3.8) is 0 Å². The van der Waals surface area contributed by atoms with Crippen LogP contribution in [0.3, 0.4) is 0 Å². The van der Waals surface area contributed by atoms with Gasteiger partial charge in [-0.1, -0.05) is 0 Å². The molecule has 0 aromatic heterocycles. The van der Waals surface area contributed by atoms with Gasteiger partial charge in [0.25, 0.3) is 0 Å². The molecule has 1 N–H and O–H groups in total. The van der Waals surface area contributed by atoms with Gasteiger partial charge < -0.3 is 14.8 Å². The zero-order valence-electron chi connectivity index (χ0n) is 8.23. The van der Waals surface area contributed by atoms with Crippen LogP contribution >= 0.6 is 0 Å². The number of nitrogens with one attached hydrogen (secondary N) is 1. The van der Waals surface area contributed by atoms with Crippen LogP contribution in [-0.4, -0.2) is 26.0 Å². The van der Waals surface area contributed by atoms with E-state index in [1.165, 1.54) is 7.05 Å². The molecular weight excluding hydrogens is 198 g/mol. The first-order valence-corrected chi connectivity index (χ1v) is 4.32. The molecular formula is C10H11NO4. The standard InChI is InChI=1S/C10H11NO4/c1-11-10(13)15-9-4-2-8(3-5-9)14-7-6-12/h2-6H,7H2,1H3,(H,11,13). The number of carbonyl (C=O) groups excluding carboxylic acids is 2. The maximum atomic E-state index is 10.8. The second-order valence-electron chi connectivity index (χ2n) is 2.59. The van der Waals surface area contributed by atoms with Crippen molar-refractivity contribution in [3.8, 4) is 11.5 Å². The molecule has 1 amide bonds. The topological polar surface area (TPSA) is 64.6 Å². The number of hydrogen-bond donors (Lipinski definition) is 1. The summed E-state index contributed by atoms with van der Waals surface area (Å²) in [7, 11) is 1.48. The van der Waals surface area contributed by atoms with Gasteiger partial charge in [0.15, 0.2) is 6.29 Å². The number of rotatable bonds is 4. The fourth-order valence-electron chi connectivity index (χ4n) is 0.892. The summed E-state index contributed by atoms with van der Waals surface area (Å²) in [4.78, 5) is 20.9. The van der Waals surface area contributed by atoms with Crippen molar-refractivity contribution in [2.45, 2.75) is 0 Å². The Morgan fingerprint density at radius 3 is 2.47 bits per heavy atom. The molecule has 0 aliphatic carbocycles. The molecule has 0 saturated heterocycles. The first-order valence-electron chi connectivity index (χ1n) is 4.32. The maximum absolute atomic E-state index is 10.8. The zero-order valence-corrected chi connectivity index (χ0v) is 8.23. The third kappa shape index (κ3) is 3.68. The number of carbonyl (C=O) groups is 2. The first-order chi connectivity index (χ1) is 7.26. The van der Waals surface area contributed by atoms with Crippen molar-refractivity contribution in [1.29, 1.82) is 0 Å². The molecule has 0 bridgehead atoms. The van der Waals surface area contributed by atoms with Crippen molar-refractivity contribution in [2.24, 2.45) is 0 Å². The van der Waals surface area contributed by atoms with E-state index in [2.05, 4.69) is 5.32 Å². The number of benzene rings is 1. The van der Waals surface area contributed by atoms with Gasteiger partial charge in [0.1, 0.15) is 18.1 Å². The van der Waals surface area contributed by atoms with Gasteiger partial charge in [-0.2, -0.15) is 0 Å². The fourth-order valence-corrected chi connectivity index (χ4v) is 0.892. The molecule has 0 atom stereocenters. The van der Waals surface area contributed by atoms with Crippen LogP contribution in [0.15, 0.2) is 24.3 Å². The molecule has 5 heteroatoms. The Labute approximate surface area is 87.0 Å². The van der Waals surface area contributed by atoms with Crippen LogP contribution in [0, 0.1) is 0 Å². The van der Waals surface area contributed by atoms with E-state index in [4.69, 9.17) is 9.47 Å². The third-order valence-corrected chi connectivity index (χ3v) is 1.56. The van der Waals surface area contributed by atoms with E-state index in [0.717, 1.165) is 0 Å². The highest BCUT2D eigenvalue weighted by molar-refractivity contribution is 5.69. The molecule has 0 radical (unpaired) electrons. The average molecular weight is 209 g/mol. The van der Waals surface area contributed by atoms with E-state index in [1.807, 2.05) is 0 Å². The maximum Gasteiger partial charge on any atom is 0.412 e. The Hall–Kier alpha value is -2.04. The lowest BCUT2D eigenvalue weighted by Gasteiger charge is -2.04. The van der Waals surface area contributed by atoms with Gasteiger partial charge in [-0.05, 0) is 24.3 Å². The van der Waals surface area contributed by atoms with Crippen LogP contribution < -0.4 is 14.8 Å². The molecule has 1 aromatic rings. The summed E-state index contributed by atoms with van der Waals surface area (Å²) in [6.45, 7) is 0.00957. The Morgan fingerprint density at radius 1 is 1.33 bits per heavy atom. The summed E-state index contributed by atoms with van der Waals surface area (Å²) in [6.07, 6.45) is 0.131. The third-order valence-electron chi connectivity index (χ3n) is 1.56. The SMILES string of the molecule is CNC(=O)Oc1ccc(OCC=O)cc1. The van der Waals surface area contributed by atoms with Crippen molar-refractivity contribution in [3.05, 3.63) is 24.3 Å². The van der Waals surface area contributed by atoms with Gasteiger partial charge in [0, 0.05) is 7.05 Å². The Morgan fingerprint density at radius 2 is 1.93 bits per heavy atom. The average Bonchev–Trinajstić information content (AvgIpc) is 2.28. The van der Waals surface area contributed by atoms with E-state index < -0.39 is 6.09 Å². The van der Waals surface area contributed by atoms with Crippen molar-refractivity contribution >= 4 is 12.4 Å². The van der Waals surface area contributed by atoms with Crippen LogP contribution in [-0.2, 0) is 4.79 Å². The molecule has 5 nitrogen and oxygen atoms in total. The molecule has 1 aromatic carbocycles. The normalized spacial score (nSPS) is 9.13. The van der Waals surface area contributed by atoms with Gasteiger partial charge in [0.2, 0.25) is 0 Å². The molecule has 0 saturated carbocycles. The monoisotopic (exact) mass is 209 g/mol. The van der Waals surface area contributed by atoms with Crippen LogP contribution in [0.2, 0.25) is 0 Å². The lowest BCUT2D eigenvalue weighted by Crippen LogP contribution is -2.21. The lowest BCUT2D eigenvalue weighted by atomic mass is 10.3. The summed E-state index contributed by atoms with van der Waals surface area (Å²) >= 11 is 0. The fraction of sp³-hybridized carbons (Fsp3) is 0.200. The van der Waals surface area contributed by atoms with E-state index in [-0.39, 0.29) is 6.61 Å². The summed E-state index contributed by atoms with van der Waals surface area (Å²) < 4.78 is 9.87. The number of hydrogen-bond acceptors (Lipinski definition) is 4. The molecule has 0 unspecified atom stereocenters. The highest BCUT2D eigenvalue weighted by Gasteiger charge is 2.00. The van der Waals surface area contributed by atoms with E-state index >= 15 is 0 Å². The van der Waals surface area contributed by atoms with Gasteiger partial charge in [-0.15, -0.1) is 0 Å². The Kier molecular flexibility index (Phi) is 4.15. The summed E-state index contributed by atoms with van der Waals surface area (Å²) in [5, 5.41) is 2.32.